The summed E-state index contributed by atoms with van der Waals surface area (Å²) in [6.07, 6.45) is 4.76. The molecule has 0 bridgehead atoms. The van der Waals surface area contributed by atoms with E-state index in [0.717, 1.165) is 56.6 Å². The molecule has 1 saturated heterocycles. The zero-order valence-corrected chi connectivity index (χ0v) is 12.2. The van der Waals surface area contributed by atoms with Gasteiger partial charge in [0.15, 0.2) is 0 Å². The Bertz CT molecular complexity index is 441. The third kappa shape index (κ3) is 3.60. The van der Waals surface area contributed by atoms with Crippen LogP contribution in [0.3, 0.4) is 0 Å². The van der Waals surface area contributed by atoms with Gasteiger partial charge in [0, 0.05) is 38.3 Å². The van der Waals surface area contributed by atoms with Crippen molar-refractivity contribution in [3.05, 3.63) is 11.9 Å². The molecule has 5 heteroatoms. The standard InChI is InChI=1S/C15H24N4O/c1-2-16-13-9-14(19-15(18-13)12-3-4-12)17-10-11-5-7-20-8-6-11/h9,11-12H,2-8,10H2,1H3,(H2,16,17,18,19). The fourth-order valence-corrected chi connectivity index (χ4v) is 2.55. The van der Waals surface area contributed by atoms with Crippen molar-refractivity contribution in [2.45, 2.75) is 38.5 Å². The number of ether oxygens (including phenoxy) is 1. The van der Waals surface area contributed by atoms with Gasteiger partial charge in [-0.1, -0.05) is 0 Å². The Morgan fingerprint density at radius 3 is 2.45 bits per heavy atom. The van der Waals surface area contributed by atoms with Crippen molar-refractivity contribution in [1.29, 1.82) is 0 Å². The molecule has 0 amide bonds. The van der Waals surface area contributed by atoms with E-state index in [0.29, 0.717) is 11.8 Å². The Balaban J connectivity index is 1.64. The molecule has 2 N–H and O–H groups in total. The van der Waals surface area contributed by atoms with E-state index in [2.05, 4.69) is 27.5 Å². The van der Waals surface area contributed by atoms with Crippen molar-refractivity contribution in [1.82, 2.24) is 9.97 Å². The molecule has 0 spiro atoms. The largest absolute Gasteiger partial charge is 0.381 e. The second-order valence-electron chi connectivity index (χ2n) is 5.74. The highest BCUT2D eigenvalue weighted by molar-refractivity contribution is 5.48. The number of hydrogen-bond acceptors (Lipinski definition) is 5. The van der Waals surface area contributed by atoms with E-state index in [-0.39, 0.29) is 0 Å². The summed E-state index contributed by atoms with van der Waals surface area (Å²) in [4.78, 5) is 9.27. The fraction of sp³-hybridized carbons (Fsp3) is 0.733. The quantitative estimate of drug-likeness (QED) is 0.836. The van der Waals surface area contributed by atoms with Crippen LogP contribution in [-0.2, 0) is 4.74 Å². The topological polar surface area (TPSA) is 59.1 Å². The van der Waals surface area contributed by atoms with Crippen LogP contribution in [0.15, 0.2) is 6.07 Å². The molecule has 20 heavy (non-hydrogen) atoms. The number of hydrogen-bond donors (Lipinski definition) is 2. The summed E-state index contributed by atoms with van der Waals surface area (Å²) in [5.74, 6) is 4.18. The van der Waals surface area contributed by atoms with Crippen LogP contribution in [0.25, 0.3) is 0 Å². The van der Waals surface area contributed by atoms with Gasteiger partial charge < -0.3 is 15.4 Å². The highest BCUT2D eigenvalue weighted by atomic mass is 16.5. The Hall–Kier alpha value is -1.36. The molecule has 1 aliphatic heterocycles. The molecule has 1 saturated carbocycles. The zero-order chi connectivity index (χ0) is 13.8. The Kier molecular flexibility index (Phi) is 4.35. The van der Waals surface area contributed by atoms with E-state index in [4.69, 9.17) is 4.74 Å². The molecular formula is C15H24N4O. The van der Waals surface area contributed by atoms with Crippen LogP contribution in [0, 0.1) is 5.92 Å². The van der Waals surface area contributed by atoms with Crippen molar-refractivity contribution >= 4 is 11.6 Å². The van der Waals surface area contributed by atoms with Crippen LogP contribution < -0.4 is 10.6 Å². The molecule has 0 aromatic carbocycles. The molecule has 110 valence electrons. The summed E-state index contributed by atoms with van der Waals surface area (Å²) in [6.45, 7) is 5.75. The van der Waals surface area contributed by atoms with Gasteiger partial charge in [-0.25, -0.2) is 9.97 Å². The highest BCUT2D eigenvalue weighted by Gasteiger charge is 2.27. The van der Waals surface area contributed by atoms with E-state index in [1.54, 1.807) is 0 Å². The normalized spacial score (nSPS) is 19.9. The van der Waals surface area contributed by atoms with E-state index < -0.39 is 0 Å². The smallest absolute Gasteiger partial charge is 0.136 e. The number of rotatable bonds is 6. The van der Waals surface area contributed by atoms with E-state index in [9.17, 15) is 0 Å². The molecule has 0 atom stereocenters. The van der Waals surface area contributed by atoms with Crippen LogP contribution in [0.2, 0.25) is 0 Å². The Labute approximate surface area is 120 Å². The number of anilines is 2. The summed E-state index contributed by atoms with van der Waals surface area (Å²) in [5.41, 5.74) is 0. The van der Waals surface area contributed by atoms with Crippen LogP contribution in [0.5, 0.6) is 0 Å². The van der Waals surface area contributed by atoms with Gasteiger partial charge >= 0.3 is 0 Å². The zero-order valence-electron chi connectivity index (χ0n) is 12.2. The summed E-state index contributed by atoms with van der Waals surface area (Å²) in [7, 11) is 0. The first-order valence-electron chi connectivity index (χ1n) is 7.79. The monoisotopic (exact) mass is 276 g/mol. The van der Waals surface area contributed by atoms with Gasteiger partial charge in [-0.3, -0.25) is 0 Å². The molecule has 2 heterocycles. The van der Waals surface area contributed by atoms with Crippen LogP contribution in [0.1, 0.15) is 44.3 Å². The maximum absolute atomic E-state index is 5.40. The molecule has 0 radical (unpaired) electrons. The van der Waals surface area contributed by atoms with Gasteiger partial charge in [0.2, 0.25) is 0 Å². The molecule has 0 unspecified atom stereocenters. The van der Waals surface area contributed by atoms with Gasteiger partial charge in [0.25, 0.3) is 0 Å². The maximum Gasteiger partial charge on any atom is 0.136 e. The predicted octanol–water partition coefficient (Wildman–Crippen LogP) is 2.62. The molecule has 1 aromatic heterocycles. The molecule has 3 rings (SSSR count). The van der Waals surface area contributed by atoms with Crippen LogP contribution in [0.4, 0.5) is 11.6 Å². The third-order valence-corrected chi connectivity index (χ3v) is 3.96. The second kappa shape index (κ2) is 6.39. The number of nitrogens with one attached hydrogen (secondary N) is 2. The van der Waals surface area contributed by atoms with E-state index >= 15 is 0 Å². The summed E-state index contributed by atoms with van der Waals surface area (Å²) >= 11 is 0. The van der Waals surface area contributed by atoms with Gasteiger partial charge in [-0.15, -0.1) is 0 Å². The van der Waals surface area contributed by atoms with Crippen molar-refractivity contribution in [2.75, 3.05) is 36.9 Å². The molecule has 1 aliphatic carbocycles. The summed E-state index contributed by atoms with van der Waals surface area (Å²) in [5, 5.41) is 6.79. The van der Waals surface area contributed by atoms with E-state index in [1.807, 2.05) is 6.07 Å². The molecule has 5 nitrogen and oxygen atoms in total. The minimum atomic E-state index is 0.581. The highest BCUT2D eigenvalue weighted by Crippen LogP contribution is 2.38. The minimum absolute atomic E-state index is 0.581. The SMILES string of the molecule is CCNc1cc(NCC2CCOCC2)nc(C2CC2)n1. The lowest BCUT2D eigenvalue weighted by atomic mass is 10.0. The van der Waals surface area contributed by atoms with E-state index in [1.165, 1.54) is 12.8 Å². The maximum atomic E-state index is 5.40. The Morgan fingerprint density at radius 1 is 1.10 bits per heavy atom. The van der Waals surface area contributed by atoms with Crippen molar-refractivity contribution < 1.29 is 4.74 Å². The lowest BCUT2D eigenvalue weighted by Crippen LogP contribution is -2.23. The van der Waals surface area contributed by atoms with Gasteiger partial charge in [-0.05, 0) is 38.5 Å². The Morgan fingerprint density at radius 2 is 1.80 bits per heavy atom. The average molecular weight is 276 g/mol. The average Bonchev–Trinajstić information content (AvgIpc) is 3.31. The predicted molar refractivity (Wildman–Crippen MR) is 80.2 cm³/mol. The lowest BCUT2D eigenvalue weighted by Gasteiger charge is -2.22. The van der Waals surface area contributed by atoms with Crippen LogP contribution >= 0.6 is 0 Å². The number of nitrogens with zero attached hydrogens (tertiary/aromatic N) is 2. The van der Waals surface area contributed by atoms with Gasteiger partial charge in [0.1, 0.15) is 17.5 Å². The van der Waals surface area contributed by atoms with Crippen LogP contribution in [-0.4, -0.2) is 36.3 Å². The third-order valence-electron chi connectivity index (χ3n) is 3.96. The lowest BCUT2D eigenvalue weighted by molar-refractivity contribution is 0.0699. The second-order valence-corrected chi connectivity index (χ2v) is 5.74. The van der Waals surface area contributed by atoms with Crippen molar-refractivity contribution in [3.63, 3.8) is 0 Å². The first-order chi connectivity index (χ1) is 9.85. The molecule has 2 aliphatic rings. The molecular weight excluding hydrogens is 252 g/mol. The minimum Gasteiger partial charge on any atom is -0.381 e. The summed E-state index contributed by atoms with van der Waals surface area (Å²) in [6, 6.07) is 2.02. The first kappa shape index (κ1) is 13.6. The fourth-order valence-electron chi connectivity index (χ4n) is 2.55. The first-order valence-corrected chi connectivity index (χ1v) is 7.79. The number of aromatic nitrogens is 2. The molecule has 2 fully saturated rings. The van der Waals surface area contributed by atoms with Gasteiger partial charge in [-0.2, -0.15) is 0 Å². The molecule has 1 aromatic rings. The van der Waals surface area contributed by atoms with Gasteiger partial charge in [0.05, 0.1) is 0 Å². The van der Waals surface area contributed by atoms with Crippen molar-refractivity contribution in [2.24, 2.45) is 5.92 Å². The van der Waals surface area contributed by atoms with Crippen molar-refractivity contribution in [3.8, 4) is 0 Å². The summed E-state index contributed by atoms with van der Waals surface area (Å²) < 4.78 is 5.40.